The molecule has 1 heterocycles. The van der Waals surface area contributed by atoms with Crippen LogP contribution in [0.5, 0.6) is 0 Å². The SMILES string of the molecule is Cc1cccc(CN(C)c2nccnc2Cl)c1. The van der Waals surface area contributed by atoms with Crippen molar-refractivity contribution >= 4 is 17.4 Å². The number of hydrogen-bond donors (Lipinski definition) is 0. The molecule has 17 heavy (non-hydrogen) atoms. The molecule has 0 bridgehead atoms. The Bertz CT molecular complexity index is 514. The number of anilines is 1. The van der Waals surface area contributed by atoms with Gasteiger partial charge in [-0.2, -0.15) is 0 Å². The van der Waals surface area contributed by atoms with E-state index in [9.17, 15) is 0 Å². The molecule has 88 valence electrons. The molecule has 0 aliphatic carbocycles. The summed E-state index contributed by atoms with van der Waals surface area (Å²) in [6.07, 6.45) is 3.24. The summed E-state index contributed by atoms with van der Waals surface area (Å²) >= 11 is 6.00. The van der Waals surface area contributed by atoms with E-state index < -0.39 is 0 Å². The van der Waals surface area contributed by atoms with Crippen molar-refractivity contribution in [3.05, 3.63) is 52.9 Å². The number of nitrogens with zero attached hydrogens (tertiary/aromatic N) is 3. The van der Waals surface area contributed by atoms with E-state index in [1.165, 1.54) is 11.1 Å². The van der Waals surface area contributed by atoms with Crippen LogP contribution in [0.2, 0.25) is 5.15 Å². The maximum Gasteiger partial charge on any atom is 0.171 e. The Morgan fingerprint density at radius 2 is 2.00 bits per heavy atom. The van der Waals surface area contributed by atoms with E-state index >= 15 is 0 Å². The highest BCUT2D eigenvalue weighted by Gasteiger charge is 2.08. The first-order valence-corrected chi connectivity index (χ1v) is 5.78. The Balaban J connectivity index is 2.17. The third-order valence-electron chi connectivity index (χ3n) is 2.50. The van der Waals surface area contributed by atoms with Crippen LogP contribution in [0.3, 0.4) is 0 Å². The van der Waals surface area contributed by atoms with Crippen LogP contribution in [0, 0.1) is 6.92 Å². The minimum Gasteiger partial charge on any atom is -0.353 e. The summed E-state index contributed by atoms with van der Waals surface area (Å²) in [6, 6.07) is 8.38. The van der Waals surface area contributed by atoms with Crippen molar-refractivity contribution in [1.29, 1.82) is 0 Å². The lowest BCUT2D eigenvalue weighted by molar-refractivity contribution is 0.889. The molecule has 0 amide bonds. The van der Waals surface area contributed by atoms with Crippen LogP contribution in [0.15, 0.2) is 36.7 Å². The van der Waals surface area contributed by atoms with Gasteiger partial charge in [-0.1, -0.05) is 41.4 Å². The summed E-state index contributed by atoms with van der Waals surface area (Å²) in [4.78, 5) is 10.2. The second kappa shape index (κ2) is 5.15. The molecule has 3 nitrogen and oxygen atoms in total. The number of aromatic nitrogens is 2. The highest BCUT2D eigenvalue weighted by atomic mass is 35.5. The lowest BCUT2D eigenvalue weighted by Gasteiger charge is -2.18. The summed E-state index contributed by atoms with van der Waals surface area (Å²) in [7, 11) is 1.96. The fraction of sp³-hybridized carbons (Fsp3) is 0.231. The van der Waals surface area contributed by atoms with Crippen LogP contribution in [0.4, 0.5) is 5.82 Å². The van der Waals surface area contributed by atoms with Gasteiger partial charge >= 0.3 is 0 Å². The van der Waals surface area contributed by atoms with Crippen LogP contribution < -0.4 is 4.90 Å². The van der Waals surface area contributed by atoms with Gasteiger partial charge in [0.1, 0.15) is 0 Å². The lowest BCUT2D eigenvalue weighted by atomic mass is 10.1. The van der Waals surface area contributed by atoms with Gasteiger partial charge in [0, 0.05) is 26.0 Å². The van der Waals surface area contributed by atoms with Crippen molar-refractivity contribution in [1.82, 2.24) is 9.97 Å². The van der Waals surface area contributed by atoms with E-state index in [0.29, 0.717) is 11.0 Å². The first-order valence-electron chi connectivity index (χ1n) is 5.40. The number of benzene rings is 1. The largest absolute Gasteiger partial charge is 0.353 e. The van der Waals surface area contributed by atoms with Crippen LogP contribution in [0.25, 0.3) is 0 Å². The summed E-state index contributed by atoms with van der Waals surface area (Å²) in [5.41, 5.74) is 2.48. The Kier molecular flexibility index (Phi) is 3.59. The van der Waals surface area contributed by atoms with Crippen molar-refractivity contribution in [3.63, 3.8) is 0 Å². The van der Waals surface area contributed by atoms with Crippen molar-refractivity contribution in [2.45, 2.75) is 13.5 Å². The zero-order chi connectivity index (χ0) is 12.3. The standard InChI is InChI=1S/C13H14ClN3/c1-10-4-3-5-11(8-10)9-17(2)13-12(14)15-6-7-16-13/h3-8H,9H2,1-2H3. The lowest BCUT2D eigenvalue weighted by Crippen LogP contribution is -2.18. The zero-order valence-corrected chi connectivity index (χ0v) is 10.6. The minimum absolute atomic E-state index is 0.433. The van der Waals surface area contributed by atoms with E-state index in [-0.39, 0.29) is 0 Å². The van der Waals surface area contributed by atoms with Gasteiger partial charge < -0.3 is 4.90 Å². The van der Waals surface area contributed by atoms with Gasteiger partial charge in [-0.15, -0.1) is 0 Å². The second-order valence-corrected chi connectivity index (χ2v) is 4.37. The first-order chi connectivity index (χ1) is 8.16. The second-order valence-electron chi connectivity index (χ2n) is 4.02. The van der Waals surface area contributed by atoms with Gasteiger partial charge in [-0.25, -0.2) is 9.97 Å². The van der Waals surface area contributed by atoms with Gasteiger partial charge in [0.25, 0.3) is 0 Å². The van der Waals surface area contributed by atoms with E-state index in [0.717, 1.165) is 6.54 Å². The van der Waals surface area contributed by atoms with E-state index in [2.05, 4.69) is 41.2 Å². The maximum atomic E-state index is 6.00. The van der Waals surface area contributed by atoms with Gasteiger partial charge in [0.05, 0.1) is 0 Å². The molecule has 2 rings (SSSR count). The normalized spacial score (nSPS) is 10.3. The molecular formula is C13H14ClN3. The molecule has 0 spiro atoms. The molecule has 0 saturated carbocycles. The first kappa shape index (κ1) is 11.9. The minimum atomic E-state index is 0.433. The van der Waals surface area contributed by atoms with Gasteiger partial charge in [-0.3, -0.25) is 0 Å². The van der Waals surface area contributed by atoms with E-state index in [4.69, 9.17) is 11.6 Å². The third kappa shape index (κ3) is 2.94. The molecule has 0 aliphatic rings. The Morgan fingerprint density at radius 1 is 1.24 bits per heavy atom. The number of rotatable bonds is 3. The van der Waals surface area contributed by atoms with E-state index in [1.807, 2.05) is 11.9 Å². The molecule has 0 N–H and O–H groups in total. The monoisotopic (exact) mass is 247 g/mol. The van der Waals surface area contributed by atoms with Crippen molar-refractivity contribution in [2.24, 2.45) is 0 Å². The fourth-order valence-corrected chi connectivity index (χ4v) is 1.98. The van der Waals surface area contributed by atoms with Crippen LogP contribution in [-0.4, -0.2) is 17.0 Å². The Morgan fingerprint density at radius 3 is 2.71 bits per heavy atom. The van der Waals surface area contributed by atoms with Crippen molar-refractivity contribution < 1.29 is 0 Å². The van der Waals surface area contributed by atoms with Gasteiger partial charge in [-0.05, 0) is 12.5 Å². The molecular weight excluding hydrogens is 234 g/mol. The maximum absolute atomic E-state index is 6.00. The smallest absolute Gasteiger partial charge is 0.171 e. The average Bonchev–Trinajstić information content (AvgIpc) is 2.29. The van der Waals surface area contributed by atoms with E-state index in [1.54, 1.807) is 12.4 Å². The molecule has 1 aromatic carbocycles. The average molecular weight is 248 g/mol. The predicted octanol–water partition coefficient (Wildman–Crippen LogP) is 3.07. The van der Waals surface area contributed by atoms with Crippen LogP contribution in [-0.2, 0) is 6.54 Å². The Labute approximate surface area is 106 Å². The predicted molar refractivity (Wildman–Crippen MR) is 70.3 cm³/mol. The molecule has 0 saturated heterocycles. The molecule has 0 fully saturated rings. The topological polar surface area (TPSA) is 29.0 Å². The van der Waals surface area contributed by atoms with Crippen LogP contribution >= 0.6 is 11.6 Å². The highest BCUT2D eigenvalue weighted by molar-refractivity contribution is 6.31. The molecule has 2 aromatic rings. The highest BCUT2D eigenvalue weighted by Crippen LogP contribution is 2.20. The fourth-order valence-electron chi connectivity index (χ4n) is 1.73. The number of halogens is 1. The van der Waals surface area contributed by atoms with Gasteiger partial charge in [0.2, 0.25) is 0 Å². The van der Waals surface area contributed by atoms with Crippen molar-refractivity contribution in [2.75, 3.05) is 11.9 Å². The molecule has 4 heteroatoms. The molecule has 1 aromatic heterocycles. The summed E-state index contributed by atoms with van der Waals surface area (Å²) in [5.74, 6) is 0.704. The molecule has 0 aliphatic heterocycles. The molecule has 0 radical (unpaired) electrons. The quantitative estimate of drug-likeness (QED) is 0.835. The zero-order valence-electron chi connectivity index (χ0n) is 9.89. The van der Waals surface area contributed by atoms with Crippen LogP contribution in [0.1, 0.15) is 11.1 Å². The molecule has 0 unspecified atom stereocenters. The van der Waals surface area contributed by atoms with Crippen molar-refractivity contribution in [3.8, 4) is 0 Å². The third-order valence-corrected chi connectivity index (χ3v) is 2.77. The summed E-state index contributed by atoms with van der Waals surface area (Å²) in [6.45, 7) is 2.85. The summed E-state index contributed by atoms with van der Waals surface area (Å²) in [5, 5.41) is 0.433. The molecule has 0 atom stereocenters. The number of hydrogen-bond acceptors (Lipinski definition) is 3. The summed E-state index contributed by atoms with van der Waals surface area (Å²) < 4.78 is 0. The van der Waals surface area contributed by atoms with Gasteiger partial charge in [0.15, 0.2) is 11.0 Å². The number of aryl methyl sites for hydroxylation is 1. The Hall–Kier alpha value is -1.61.